The molecule has 0 saturated heterocycles. The molecule has 1 N–H and O–H groups in total. The molecular weight excluding hydrogens is 150 g/mol. The second-order valence-corrected chi connectivity index (χ2v) is 2.82. The Kier molecular flexibility index (Phi) is 1.34. The molecule has 3 heteroatoms. The molecule has 0 fully saturated rings. The zero-order chi connectivity index (χ0) is 8.55. The first kappa shape index (κ1) is 6.86. The Morgan fingerprint density at radius 2 is 2.25 bits per heavy atom. The summed E-state index contributed by atoms with van der Waals surface area (Å²) in [5.41, 5.74) is 2.74. The summed E-state index contributed by atoms with van der Waals surface area (Å²) in [7, 11) is 0. The summed E-state index contributed by atoms with van der Waals surface area (Å²) in [6.07, 6.45) is 1.68. The molecule has 2 aromatic rings. The summed E-state index contributed by atoms with van der Waals surface area (Å²) in [5.74, 6) is 0. The summed E-state index contributed by atoms with van der Waals surface area (Å²) in [4.78, 5) is 6.18. The Morgan fingerprint density at radius 1 is 1.42 bits per heavy atom. The van der Waals surface area contributed by atoms with E-state index >= 15 is 0 Å². The maximum Gasteiger partial charge on any atom is 0.409 e. The van der Waals surface area contributed by atoms with Crippen LogP contribution in [0.15, 0.2) is 24.4 Å². The summed E-state index contributed by atoms with van der Waals surface area (Å²) in [5, 5.41) is 9.58. The van der Waals surface area contributed by atoms with Gasteiger partial charge in [0.15, 0.2) is 4.98 Å². The second kappa shape index (κ2) is 2.35. The Balaban J connectivity index is 2.86. The van der Waals surface area contributed by atoms with Gasteiger partial charge in [0, 0.05) is 0 Å². The summed E-state index contributed by atoms with van der Waals surface area (Å²) >= 11 is 0. The number of fused-ring (bicyclic) bond motifs is 1. The van der Waals surface area contributed by atoms with Gasteiger partial charge in [-0.05, 0) is 19.1 Å². The molecule has 0 aliphatic rings. The summed E-state index contributed by atoms with van der Waals surface area (Å²) in [6.45, 7) is 2.01. The largest absolute Gasteiger partial charge is 0.409 e. The Hall–Kier alpha value is -1.82. The number of aromatic amines is 1. The molecule has 0 aliphatic carbocycles. The number of nitrogens with zero attached hydrogens (tertiary/aromatic N) is 2. The SMILES string of the molecule is Cc1ccc2[nH]cc([N+]#N)c2c1. The van der Waals surface area contributed by atoms with Crippen molar-refractivity contribution in [3.63, 3.8) is 0 Å². The van der Waals surface area contributed by atoms with Gasteiger partial charge in [-0.1, -0.05) is 11.6 Å². The van der Waals surface area contributed by atoms with E-state index in [0.29, 0.717) is 5.69 Å². The fourth-order valence-electron chi connectivity index (χ4n) is 1.30. The van der Waals surface area contributed by atoms with Crippen molar-refractivity contribution in [1.82, 2.24) is 4.98 Å². The first-order valence-electron chi connectivity index (χ1n) is 3.74. The van der Waals surface area contributed by atoms with E-state index in [1.807, 2.05) is 25.1 Å². The van der Waals surface area contributed by atoms with Crippen molar-refractivity contribution in [3.05, 3.63) is 34.9 Å². The van der Waals surface area contributed by atoms with Crippen LogP contribution in [0.5, 0.6) is 0 Å². The smallest absolute Gasteiger partial charge is 0.354 e. The number of benzene rings is 1. The molecule has 2 rings (SSSR count). The van der Waals surface area contributed by atoms with E-state index < -0.39 is 0 Å². The zero-order valence-electron chi connectivity index (χ0n) is 6.70. The molecule has 3 nitrogen and oxygen atoms in total. The molecular formula is C9H8N3+. The van der Waals surface area contributed by atoms with Crippen LogP contribution in [-0.2, 0) is 0 Å². The number of diazo groups is 1. The lowest BCUT2D eigenvalue weighted by Crippen LogP contribution is -1.70. The third-order valence-corrected chi connectivity index (χ3v) is 1.92. The number of aryl methyl sites for hydroxylation is 1. The average molecular weight is 158 g/mol. The molecule has 0 bridgehead atoms. The van der Waals surface area contributed by atoms with Gasteiger partial charge in [0.25, 0.3) is 0 Å². The number of hydrogen-bond donors (Lipinski definition) is 1. The van der Waals surface area contributed by atoms with Gasteiger partial charge in [-0.15, -0.1) is 0 Å². The van der Waals surface area contributed by atoms with Crippen LogP contribution in [0.2, 0.25) is 0 Å². The van der Waals surface area contributed by atoms with Gasteiger partial charge in [-0.3, -0.25) is 0 Å². The lowest BCUT2D eigenvalue weighted by Gasteiger charge is -1.88. The number of H-pyrrole nitrogens is 1. The van der Waals surface area contributed by atoms with Gasteiger partial charge >= 0.3 is 5.69 Å². The Bertz CT molecular complexity index is 462. The van der Waals surface area contributed by atoms with Crippen LogP contribution in [-0.4, -0.2) is 4.98 Å². The lowest BCUT2D eigenvalue weighted by molar-refractivity contribution is 1.44. The van der Waals surface area contributed by atoms with Crippen LogP contribution in [0, 0.1) is 12.3 Å². The van der Waals surface area contributed by atoms with Crippen molar-refractivity contribution in [2.75, 3.05) is 0 Å². The first-order chi connectivity index (χ1) is 5.81. The normalized spacial score (nSPS) is 10.0. The van der Waals surface area contributed by atoms with Crippen LogP contribution >= 0.6 is 0 Å². The molecule has 1 aromatic carbocycles. The Labute approximate surface area is 69.6 Å². The van der Waals surface area contributed by atoms with E-state index in [1.165, 1.54) is 0 Å². The highest BCUT2D eigenvalue weighted by atomic mass is 14.9. The number of hydrogen-bond acceptors (Lipinski definition) is 1. The summed E-state index contributed by atoms with van der Waals surface area (Å²) in [6, 6.07) is 5.97. The van der Waals surface area contributed by atoms with Gasteiger partial charge < -0.3 is 4.98 Å². The van der Waals surface area contributed by atoms with Gasteiger partial charge in [0.1, 0.15) is 0 Å². The molecule has 58 valence electrons. The quantitative estimate of drug-likeness (QED) is 0.588. The molecule has 0 saturated carbocycles. The van der Waals surface area contributed by atoms with Crippen LogP contribution in [0.3, 0.4) is 0 Å². The van der Waals surface area contributed by atoms with Crippen molar-refractivity contribution in [3.8, 4) is 0 Å². The third-order valence-electron chi connectivity index (χ3n) is 1.92. The molecule has 12 heavy (non-hydrogen) atoms. The van der Waals surface area contributed by atoms with E-state index in [-0.39, 0.29) is 0 Å². The molecule has 1 aromatic heterocycles. The van der Waals surface area contributed by atoms with E-state index in [0.717, 1.165) is 16.5 Å². The Morgan fingerprint density at radius 3 is 3.00 bits per heavy atom. The lowest BCUT2D eigenvalue weighted by atomic mass is 10.2. The molecule has 0 radical (unpaired) electrons. The second-order valence-electron chi connectivity index (χ2n) is 2.82. The van der Waals surface area contributed by atoms with Crippen molar-refractivity contribution in [2.45, 2.75) is 6.92 Å². The van der Waals surface area contributed by atoms with Crippen molar-refractivity contribution < 1.29 is 0 Å². The molecule has 1 heterocycles. The third kappa shape index (κ3) is 0.857. The predicted octanol–water partition coefficient (Wildman–Crippen LogP) is 2.96. The number of nitrogens with one attached hydrogen (secondary N) is 1. The molecule has 0 aliphatic heterocycles. The van der Waals surface area contributed by atoms with Crippen LogP contribution in [0.25, 0.3) is 15.9 Å². The highest BCUT2D eigenvalue weighted by molar-refractivity contribution is 5.93. The van der Waals surface area contributed by atoms with Gasteiger partial charge in [0.05, 0.1) is 17.1 Å². The summed E-state index contributed by atoms with van der Waals surface area (Å²) < 4.78 is 0. The molecule has 0 unspecified atom stereocenters. The van der Waals surface area contributed by atoms with Gasteiger partial charge in [-0.25, -0.2) is 0 Å². The minimum atomic E-state index is 0.591. The van der Waals surface area contributed by atoms with Crippen LogP contribution in [0.1, 0.15) is 5.56 Å². The highest BCUT2D eigenvalue weighted by Gasteiger charge is 2.12. The number of aromatic nitrogens is 1. The minimum absolute atomic E-state index is 0.591. The number of rotatable bonds is 0. The molecule has 0 atom stereocenters. The maximum absolute atomic E-state index is 8.62. The van der Waals surface area contributed by atoms with Crippen molar-refractivity contribution in [2.24, 2.45) is 0 Å². The molecule has 0 amide bonds. The minimum Gasteiger partial charge on any atom is -0.354 e. The highest BCUT2D eigenvalue weighted by Crippen LogP contribution is 2.26. The standard InChI is InChI=1S/C9H8N3/c1-6-2-3-8-7(4-6)9(12-10)5-11-8/h2-5,11H,1H3/q+1. The van der Waals surface area contributed by atoms with Gasteiger partial charge in [0.2, 0.25) is 5.39 Å². The first-order valence-corrected chi connectivity index (χ1v) is 3.74. The zero-order valence-corrected chi connectivity index (χ0v) is 6.70. The van der Waals surface area contributed by atoms with Crippen molar-refractivity contribution >= 4 is 16.6 Å². The van der Waals surface area contributed by atoms with E-state index in [1.54, 1.807) is 6.20 Å². The average Bonchev–Trinajstić information content (AvgIpc) is 2.46. The van der Waals surface area contributed by atoms with E-state index in [4.69, 9.17) is 5.39 Å². The monoisotopic (exact) mass is 158 g/mol. The van der Waals surface area contributed by atoms with Gasteiger partial charge in [-0.2, -0.15) is 0 Å². The topological polar surface area (TPSA) is 43.9 Å². The van der Waals surface area contributed by atoms with E-state index in [9.17, 15) is 0 Å². The van der Waals surface area contributed by atoms with E-state index in [2.05, 4.69) is 9.96 Å². The van der Waals surface area contributed by atoms with Crippen molar-refractivity contribution in [1.29, 1.82) is 5.39 Å². The fraction of sp³-hybridized carbons (Fsp3) is 0.111. The predicted molar refractivity (Wildman–Crippen MR) is 47.8 cm³/mol. The van der Waals surface area contributed by atoms with Crippen LogP contribution < -0.4 is 0 Å². The maximum atomic E-state index is 8.62. The van der Waals surface area contributed by atoms with Crippen LogP contribution in [0.4, 0.5) is 5.69 Å². The molecule has 0 spiro atoms. The fourth-order valence-corrected chi connectivity index (χ4v) is 1.30.